The number of rotatable bonds is 7. The maximum absolute atomic E-state index is 12.5. The van der Waals surface area contributed by atoms with Crippen LogP contribution in [0.5, 0.6) is 11.5 Å². The van der Waals surface area contributed by atoms with Gasteiger partial charge in [0.15, 0.2) is 11.5 Å². The van der Waals surface area contributed by atoms with E-state index >= 15 is 0 Å². The molecule has 0 aromatic heterocycles. The summed E-state index contributed by atoms with van der Waals surface area (Å²) in [5, 5.41) is 0. The fraction of sp³-hybridized carbons (Fsp3) is 0.652. The molecule has 29 heavy (non-hydrogen) atoms. The van der Waals surface area contributed by atoms with Crippen molar-refractivity contribution in [3.8, 4) is 11.5 Å². The smallest absolute Gasteiger partial charge is 0.238 e. The third kappa shape index (κ3) is 4.36. The molecule has 4 bridgehead atoms. The molecule has 6 nitrogen and oxygen atoms in total. The van der Waals surface area contributed by atoms with Crippen molar-refractivity contribution in [3.63, 3.8) is 0 Å². The van der Waals surface area contributed by atoms with Crippen LogP contribution in [0.4, 0.5) is 0 Å². The van der Waals surface area contributed by atoms with Gasteiger partial charge in [0.2, 0.25) is 11.8 Å². The van der Waals surface area contributed by atoms with Crippen LogP contribution in [0.2, 0.25) is 0 Å². The first-order valence-corrected chi connectivity index (χ1v) is 10.8. The van der Waals surface area contributed by atoms with Gasteiger partial charge in [0.1, 0.15) is 0 Å². The predicted octanol–water partition coefficient (Wildman–Crippen LogP) is 3.39. The zero-order chi connectivity index (χ0) is 20.4. The Kier molecular flexibility index (Phi) is 5.70. The number of ether oxygens (including phenoxy) is 2. The van der Waals surface area contributed by atoms with Crippen LogP contribution in [0, 0.1) is 23.2 Å². The summed E-state index contributed by atoms with van der Waals surface area (Å²) in [5.74, 6) is 3.50. The van der Waals surface area contributed by atoms with E-state index in [-0.39, 0.29) is 23.7 Å². The highest BCUT2D eigenvalue weighted by Crippen LogP contribution is 2.61. The van der Waals surface area contributed by atoms with Crippen molar-refractivity contribution in [3.05, 3.63) is 23.8 Å². The second-order valence-electron chi connectivity index (χ2n) is 9.34. The maximum Gasteiger partial charge on any atom is 0.238 e. The zero-order valence-corrected chi connectivity index (χ0v) is 17.5. The highest BCUT2D eigenvalue weighted by molar-refractivity contribution is 5.82. The fourth-order valence-electron chi connectivity index (χ4n) is 6.49. The number of hydrogen-bond acceptors (Lipinski definition) is 4. The normalized spacial score (nSPS) is 29.4. The van der Waals surface area contributed by atoms with E-state index in [1.165, 1.54) is 38.5 Å². The molecule has 2 amide bonds. The average Bonchev–Trinajstić information content (AvgIpc) is 2.68. The molecule has 4 saturated carbocycles. The molecule has 0 heterocycles. The summed E-state index contributed by atoms with van der Waals surface area (Å²) in [7, 11) is 3.18. The molecule has 0 spiro atoms. The first-order valence-electron chi connectivity index (χ1n) is 10.8. The van der Waals surface area contributed by atoms with Crippen LogP contribution in [0.3, 0.4) is 0 Å². The van der Waals surface area contributed by atoms with Crippen LogP contribution in [0.25, 0.3) is 0 Å². The van der Waals surface area contributed by atoms with Crippen molar-refractivity contribution in [2.24, 2.45) is 23.2 Å². The summed E-state index contributed by atoms with van der Waals surface area (Å²) in [6.45, 7) is 0. The van der Waals surface area contributed by atoms with Gasteiger partial charge in [0.25, 0.3) is 0 Å². The van der Waals surface area contributed by atoms with Gasteiger partial charge in [0.05, 0.1) is 14.2 Å². The Balaban J connectivity index is 1.25. The van der Waals surface area contributed by atoms with E-state index in [9.17, 15) is 9.59 Å². The highest BCUT2D eigenvalue weighted by Gasteiger charge is 2.51. The van der Waals surface area contributed by atoms with Gasteiger partial charge in [-0.15, -0.1) is 0 Å². The molecule has 0 atom stereocenters. The minimum Gasteiger partial charge on any atom is -0.493 e. The summed E-state index contributed by atoms with van der Waals surface area (Å²) in [5.41, 5.74) is 6.32. The predicted molar refractivity (Wildman–Crippen MR) is 109 cm³/mol. The molecule has 0 aliphatic heterocycles. The number of carbonyl (C=O) groups excluding carboxylic acids is 2. The molecule has 0 radical (unpaired) electrons. The summed E-state index contributed by atoms with van der Waals surface area (Å²) in [6, 6.07) is 5.62. The summed E-state index contributed by atoms with van der Waals surface area (Å²) < 4.78 is 10.7. The number of hydrazine groups is 1. The van der Waals surface area contributed by atoms with Gasteiger partial charge in [0, 0.05) is 12.8 Å². The molecule has 4 fully saturated rings. The van der Waals surface area contributed by atoms with Crippen LogP contribution < -0.4 is 20.3 Å². The quantitative estimate of drug-likeness (QED) is 0.688. The molecule has 1 aromatic carbocycles. The first-order chi connectivity index (χ1) is 14.0. The second-order valence-corrected chi connectivity index (χ2v) is 9.34. The second kappa shape index (κ2) is 8.25. The first kappa shape index (κ1) is 20.0. The van der Waals surface area contributed by atoms with Crippen LogP contribution in [-0.2, 0) is 16.0 Å². The van der Waals surface area contributed by atoms with Crippen LogP contribution in [0.1, 0.15) is 56.9 Å². The van der Waals surface area contributed by atoms with Crippen molar-refractivity contribution in [2.75, 3.05) is 14.2 Å². The molecular weight excluding hydrogens is 368 g/mol. The van der Waals surface area contributed by atoms with E-state index in [1.807, 2.05) is 18.2 Å². The van der Waals surface area contributed by atoms with Crippen LogP contribution in [-0.4, -0.2) is 26.0 Å². The number of benzene rings is 1. The Morgan fingerprint density at radius 1 is 0.966 bits per heavy atom. The molecule has 6 heteroatoms. The standard InChI is InChI=1S/C23H32N2O4/c1-28-19-5-3-4-18(22(19)29-2)6-7-20(26)24-25-21(27)14-23-11-15-8-16(12-23)10-17(9-15)13-23/h3-5,15-17H,6-14H2,1-2H3,(H,24,26)(H,25,27). The van der Waals surface area contributed by atoms with Crippen LogP contribution >= 0.6 is 0 Å². The molecule has 4 aliphatic rings. The Bertz CT molecular complexity index is 741. The van der Waals surface area contributed by atoms with E-state index in [4.69, 9.17) is 9.47 Å². The van der Waals surface area contributed by atoms with Gasteiger partial charge >= 0.3 is 0 Å². The minimum absolute atomic E-state index is 0.0562. The number of aryl methyl sites for hydroxylation is 1. The molecule has 2 N–H and O–H groups in total. The molecule has 1 aromatic rings. The van der Waals surface area contributed by atoms with E-state index in [0.717, 1.165) is 23.3 Å². The van der Waals surface area contributed by atoms with Crippen LogP contribution in [0.15, 0.2) is 18.2 Å². The summed E-state index contributed by atoms with van der Waals surface area (Å²) >= 11 is 0. The lowest BCUT2D eigenvalue weighted by Crippen LogP contribution is -2.50. The van der Waals surface area contributed by atoms with Crippen molar-refractivity contribution >= 4 is 11.8 Å². The third-order valence-electron chi connectivity index (χ3n) is 7.15. The van der Waals surface area contributed by atoms with Gasteiger partial charge < -0.3 is 9.47 Å². The lowest BCUT2D eigenvalue weighted by molar-refractivity contribution is -0.134. The number of carbonyl (C=O) groups is 2. The van der Waals surface area contributed by atoms with Crippen molar-refractivity contribution < 1.29 is 19.1 Å². The van der Waals surface area contributed by atoms with Gasteiger partial charge in [-0.1, -0.05) is 12.1 Å². The van der Waals surface area contributed by atoms with Gasteiger partial charge in [-0.2, -0.15) is 0 Å². The Labute approximate surface area is 172 Å². The fourth-order valence-corrected chi connectivity index (χ4v) is 6.49. The van der Waals surface area contributed by atoms with E-state index in [0.29, 0.717) is 24.3 Å². The molecule has 4 aliphatic carbocycles. The van der Waals surface area contributed by atoms with E-state index in [1.54, 1.807) is 14.2 Å². The molecule has 158 valence electrons. The number of methoxy groups -OCH3 is 2. The lowest BCUT2D eigenvalue weighted by atomic mass is 9.49. The highest BCUT2D eigenvalue weighted by atomic mass is 16.5. The summed E-state index contributed by atoms with van der Waals surface area (Å²) in [6.07, 6.45) is 8.99. The third-order valence-corrected chi connectivity index (χ3v) is 7.15. The summed E-state index contributed by atoms with van der Waals surface area (Å²) in [4.78, 5) is 24.8. The topological polar surface area (TPSA) is 76.7 Å². The van der Waals surface area contributed by atoms with Gasteiger partial charge in [-0.25, -0.2) is 0 Å². The van der Waals surface area contributed by atoms with Crippen molar-refractivity contribution in [1.82, 2.24) is 10.9 Å². The molecule has 5 rings (SSSR count). The average molecular weight is 401 g/mol. The lowest BCUT2D eigenvalue weighted by Gasteiger charge is -2.56. The number of para-hydroxylation sites is 1. The molecule has 0 saturated heterocycles. The molecule has 0 unspecified atom stereocenters. The Morgan fingerprint density at radius 3 is 2.17 bits per heavy atom. The largest absolute Gasteiger partial charge is 0.493 e. The van der Waals surface area contributed by atoms with E-state index < -0.39 is 0 Å². The minimum atomic E-state index is -0.200. The zero-order valence-electron chi connectivity index (χ0n) is 17.5. The molecular formula is C23H32N2O4. The van der Waals surface area contributed by atoms with E-state index in [2.05, 4.69) is 10.9 Å². The van der Waals surface area contributed by atoms with Crippen molar-refractivity contribution in [2.45, 2.75) is 57.8 Å². The number of nitrogens with one attached hydrogen (secondary N) is 2. The van der Waals surface area contributed by atoms with Gasteiger partial charge in [-0.05, 0) is 79.7 Å². The van der Waals surface area contributed by atoms with Gasteiger partial charge in [-0.3, -0.25) is 20.4 Å². The number of amides is 2. The van der Waals surface area contributed by atoms with Crippen molar-refractivity contribution in [1.29, 1.82) is 0 Å². The SMILES string of the molecule is COc1cccc(CCC(=O)NNC(=O)CC23CC4CC(CC(C4)C2)C3)c1OC. The maximum atomic E-state index is 12.5. The number of hydrogen-bond donors (Lipinski definition) is 2. The Morgan fingerprint density at radius 2 is 1.59 bits per heavy atom. The Hall–Kier alpha value is -2.24. The monoisotopic (exact) mass is 400 g/mol.